The van der Waals surface area contributed by atoms with Gasteiger partial charge in [0.2, 0.25) is 0 Å². The number of carbonyl (C=O) groups excluding carboxylic acids is 1. The number of carbonyl (C=O) groups is 1. The Morgan fingerprint density at radius 2 is 1.90 bits per heavy atom. The highest BCUT2D eigenvalue weighted by Crippen LogP contribution is 2.45. The van der Waals surface area contributed by atoms with Crippen LogP contribution in [0.15, 0.2) is 30.3 Å². The topological polar surface area (TPSA) is 41.6 Å². The highest BCUT2D eigenvalue weighted by molar-refractivity contribution is 7.97. The van der Waals surface area contributed by atoms with E-state index >= 15 is 0 Å². The molecule has 2 aliphatic rings. The van der Waals surface area contributed by atoms with Crippen molar-refractivity contribution >= 4 is 41.1 Å². The van der Waals surface area contributed by atoms with Gasteiger partial charge < -0.3 is 4.74 Å². The van der Waals surface area contributed by atoms with Crippen LogP contribution in [0.2, 0.25) is 10.0 Å². The number of amides is 1. The number of benzene rings is 2. The van der Waals surface area contributed by atoms with Crippen molar-refractivity contribution in [3.05, 3.63) is 62.9 Å². The third kappa shape index (κ3) is 5.30. The maximum atomic E-state index is 14.5. The Bertz CT molecular complexity index is 960. The minimum Gasteiger partial charge on any atom is -0.493 e. The minimum atomic E-state index is -0.548. The lowest BCUT2D eigenvalue weighted by molar-refractivity contribution is 0.0307. The van der Waals surface area contributed by atoms with Crippen LogP contribution in [-0.2, 0) is 0 Å². The second kappa shape index (κ2) is 9.57. The molecule has 0 radical (unpaired) electrons. The first-order chi connectivity index (χ1) is 14.9. The average molecular weight is 483 g/mol. The molecule has 2 aromatic carbocycles. The molecule has 8 heteroatoms. The fraction of sp³-hybridized carbons (Fsp3) is 0.435. The summed E-state index contributed by atoms with van der Waals surface area (Å²) in [4.78, 5) is 14.5. The molecule has 1 N–H and O–H groups in total. The highest BCUT2D eigenvalue weighted by atomic mass is 35.5. The normalized spacial score (nSPS) is 17.8. The van der Waals surface area contributed by atoms with Gasteiger partial charge in [-0.05, 0) is 61.1 Å². The van der Waals surface area contributed by atoms with Gasteiger partial charge in [0.25, 0.3) is 5.91 Å². The quantitative estimate of drug-likeness (QED) is 0.462. The van der Waals surface area contributed by atoms with E-state index in [1.165, 1.54) is 6.07 Å². The Hall–Kier alpha value is -1.47. The maximum absolute atomic E-state index is 14.5. The molecule has 0 aromatic heterocycles. The van der Waals surface area contributed by atoms with Gasteiger partial charge >= 0.3 is 0 Å². The molecule has 2 fully saturated rings. The molecule has 31 heavy (non-hydrogen) atoms. The van der Waals surface area contributed by atoms with Crippen LogP contribution < -0.4 is 9.46 Å². The molecule has 1 atom stereocenters. The fourth-order valence-electron chi connectivity index (χ4n) is 4.00. The second-order valence-electron chi connectivity index (χ2n) is 8.29. The van der Waals surface area contributed by atoms with Crippen molar-refractivity contribution in [3.8, 4) is 5.75 Å². The van der Waals surface area contributed by atoms with Gasteiger partial charge in [-0.2, -0.15) is 0 Å². The van der Waals surface area contributed by atoms with Gasteiger partial charge in [0.05, 0.1) is 12.2 Å². The largest absolute Gasteiger partial charge is 0.493 e. The van der Waals surface area contributed by atoms with Crippen molar-refractivity contribution in [1.29, 1.82) is 0 Å². The molecular weight excluding hydrogens is 458 g/mol. The first kappa shape index (κ1) is 22.7. The summed E-state index contributed by atoms with van der Waals surface area (Å²) in [6.07, 6.45) is 3.82. The van der Waals surface area contributed by atoms with E-state index in [9.17, 15) is 9.18 Å². The summed E-state index contributed by atoms with van der Waals surface area (Å²) in [7, 11) is 0. The summed E-state index contributed by atoms with van der Waals surface area (Å²) < 4.78 is 23.2. The summed E-state index contributed by atoms with van der Waals surface area (Å²) in [5, 5.41) is 1.28. The van der Waals surface area contributed by atoms with E-state index in [1.54, 1.807) is 18.4 Å². The van der Waals surface area contributed by atoms with Gasteiger partial charge in [-0.25, -0.2) is 4.39 Å². The molecular formula is C23H25Cl2FN2O2S. The Morgan fingerprint density at radius 3 is 2.52 bits per heavy atom. The number of nitrogens with one attached hydrogen (secondary N) is 1. The van der Waals surface area contributed by atoms with Gasteiger partial charge in [-0.3, -0.25) is 14.4 Å². The zero-order chi connectivity index (χ0) is 22.1. The van der Waals surface area contributed by atoms with Crippen molar-refractivity contribution in [2.24, 2.45) is 5.92 Å². The van der Waals surface area contributed by atoms with Crippen LogP contribution in [0.3, 0.4) is 0 Å². The number of halogens is 3. The Labute approximate surface area is 196 Å². The molecule has 1 aliphatic heterocycles. The lowest BCUT2D eigenvalue weighted by atomic mass is 9.95. The number of nitrogens with zero attached hydrogens (tertiary/aromatic N) is 1. The van der Waals surface area contributed by atoms with E-state index in [-0.39, 0.29) is 11.6 Å². The zero-order valence-corrected chi connectivity index (χ0v) is 19.8. The molecule has 1 heterocycles. The van der Waals surface area contributed by atoms with E-state index in [2.05, 4.69) is 16.5 Å². The van der Waals surface area contributed by atoms with Crippen LogP contribution in [0.25, 0.3) is 0 Å². The summed E-state index contributed by atoms with van der Waals surface area (Å²) in [6, 6.07) is 8.87. The molecule has 0 bridgehead atoms. The lowest BCUT2D eigenvalue weighted by Gasteiger charge is -2.43. The van der Waals surface area contributed by atoms with Gasteiger partial charge in [-0.1, -0.05) is 35.1 Å². The number of likely N-dealkylation sites (tertiary alicyclic amines) is 1. The first-order valence-electron chi connectivity index (χ1n) is 10.3. The standard InChI is InChI=1S/C23H25Cl2FN2O2S/c1-13(16-5-17(24)7-18(25)6-16)28-10-14(11-28)12-30-22-9-21(26)20(23(29)27-31-2)8-19(22)15-3-4-15/h5-9,13-15H,3-4,10-12H2,1-2H3,(H,27,29). The van der Waals surface area contributed by atoms with E-state index < -0.39 is 11.7 Å². The molecule has 1 saturated heterocycles. The molecule has 4 rings (SSSR count). The summed E-state index contributed by atoms with van der Waals surface area (Å²) >= 11 is 13.4. The van der Waals surface area contributed by atoms with E-state index in [1.807, 2.05) is 12.1 Å². The van der Waals surface area contributed by atoms with Crippen molar-refractivity contribution in [3.63, 3.8) is 0 Å². The molecule has 0 spiro atoms. The average Bonchev–Trinajstić information content (AvgIpc) is 3.51. The van der Waals surface area contributed by atoms with Crippen LogP contribution in [0.1, 0.15) is 53.2 Å². The molecule has 1 amide bonds. The van der Waals surface area contributed by atoms with E-state index in [0.29, 0.717) is 34.2 Å². The minimum absolute atomic E-state index is 0.0763. The predicted molar refractivity (Wildman–Crippen MR) is 125 cm³/mol. The highest BCUT2D eigenvalue weighted by Gasteiger charge is 2.33. The van der Waals surface area contributed by atoms with Crippen molar-refractivity contribution in [2.45, 2.75) is 31.7 Å². The van der Waals surface area contributed by atoms with Crippen LogP contribution in [0.4, 0.5) is 4.39 Å². The maximum Gasteiger partial charge on any atom is 0.264 e. The zero-order valence-electron chi connectivity index (χ0n) is 17.5. The Morgan fingerprint density at radius 1 is 1.23 bits per heavy atom. The summed E-state index contributed by atoms with van der Waals surface area (Å²) in [6.45, 7) is 4.44. The lowest BCUT2D eigenvalue weighted by Crippen LogP contribution is -2.50. The summed E-state index contributed by atoms with van der Waals surface area (Å²) in [5.74, 6) is 0.318. The number of hydrogen-bond donors (Lipinski definition) is 1. The smallest absolute Gasteiger partial charge is 0.264 e. The SMILES string of the molecule is CSNC(=O)c1cc(C2CC2)c(OCC2CN(C(C)c3cc(Cl)cc(Cl)c3)C2)cc1F. The van der Waals surface area contributed by atoms with E-state index in [0.717, 1.165) is 49.0 Å². The number of rotatable bonds is 8. The number of hydrogen-bond acceptors (Lipinski definition) is 4. The molecule has 166 valence electrons. The Balaban J connectivity index is 1.37. The van der Waals surface area contributed by atoms with Gasteiger partial charge in [0.15, 0.2) is 0 Å². The molecule has 1 unspecified atom stereocenters. The fourth-order valence-corrected chi connectivity index (χ4v) is 4.84. The van der Waals surface area contributed by atoms with Gasteiger partial charge in [0, 0.05) is 47.4 Å². The third-order valence-corrected chi connectivity index (χ3v) is 6.76. The predicted octanol–water partition coefficient (Wildman–Crippen LogP) is 6.09. The Kier molecular flexibility index (Phi) is 7.01. The number of ether oxygens (including phenoxy) is 1. The second-order valence-corrected chi connectivity index (χ2v) is 9.77. The van der Waals surface area contributed by atoms with Gasteiger partial charge in [0.1, 0.15) is 11.6 Å². The summed E-state index contributed by atoms with van der Waals surface area (Å²) in [5.41, 5.74) is 2.10. The molecule has 1 aliphatic carbocycles. The molecule has 1 saturated carbocycles. The first-order valence-corrected chi connectivity index (χ1v) is 12.3. The van der Waals surface area contributed by atoms with Crippen LogP contribution >= 0.6 is 35.1 Å². The molecule has 2 aromatic rings. The van der Waals surface area contributed by atoms with Gasteiger partial charge in [-0.15, -0.1) is 0 Å². The molecule has 4 nitrogen and oxygen atoms in total. The van der Waals surface area contributed by atoms with Crippen molar-refractivity contribution in [1.82, 2.24) is 9.62 Å². The monoisotopic (exact) mass is 482 g/mol. The van der Waals surface area contributed by atoms with Crippen LogP contribution in [0, 0.1) is 11.7 Å². The third-order valence-electron chi connectivity index (χ3n) is 5.93. The van der Waals surface area contributed by atoms with Crippen LogP contribution in [-0.4, -0.2) is 36.8 Å². The van der Waals surface area contributed by atoms with E-state index in [4.69, 9.17) is 27.9 Å². The van der Waals surface area contributed by atoms with Crippen LogP contribution in [0.5, 0.6) is 5.75 Å². The van der Waals surface area contributed by atoms with Crippen molar-refractivity contribution in [2.75, 3.05) is 26.0 Å². The van der Waals surface area contributed by atoms with Crippen molar-refractivity contribution < 1.29 is 13.9 Å².